The smallest absolute Gasteiger partial charge is 0.545 e. The van der Waals surface area contributed by atoms with Crippen LogP contribution in [0.25, 0.3) is 16.9 Å². The molecule has 0 aromatic carbocycles. The Hall–Kier alpha value is -2.93. The van der Waals surface area contributed by atoms with E-state index in [2.05, 4.69) is 20.4 Å². The Bertz CT molecular complexity index is 1040. The molecular formula is C17H16LiN5O5. The van der Waals surface area contributed by atoms with E-state index in [1.165, 1.54) is 43.9 Å². The summed E-state index contributed by atoms with van der Waals surface area (Å²) in [5, 5.41) is 27.8. The molecule has 28 heavy (non-hydrogen) atoms. The Morgan fingerprint density at radius 2 is 2.04 bits per heavy atom. The number of rotatable bonds is 5. The molecular weight excluding hydrogens is 361 g/mol. The standard InChI is InChI=1S/C17H17N5O5.Li/c1-17(2,26)16(25)20-12-8-22-13(19-12)5-4-11(21-22)9-6-10(15(23)24)14(27-3)18-7-9;/h4-8,26H,1-3H3,(H,20,25)(H,23,24);/q;+1/p-1. The zero-order valence-electron chi connectivity index (χ0n) is 15.8. The van der Waals surface area contributed by atoms with Gasteiger partial charge in [-0.25, -0.2) is 14.5 Å². The molecule has 1 amide bonds. The van der Waals surface area contributed by atoms with Crippen LogP contribution in [0.4, 0.5) is 5.82 Å². The molecule has 3 rings (SSSR count). The van der Waals surface area contributed by atoms with Crippen LogP contribution in [-0.4, -0.2) is 49.3 Å². The first-order valence-electron chi connectivity index (χ1n) is 7.85. The number of hydrogen-bond acceptors (Lipinski definition) is 8. The van der Waals surface area contributed by atoms with Crippen molar-refractivity contribution in [3.05, 3.63) is 36.2 Å². The third-order valence-corrected chi connectivity index (χ3v) is 3.68. The molecule has 2 N–H and O–H groups in total. The molecule has 0 saturated carbocycles. The summed E-state index contributed by atoms with van der Waals surface area (Å²) in [6.07, 6.45) is 2.90. The number of amides is 1. The van der Waals surface area contributed by atoms with Crippen LogP contribution in [0.1, 0.15) is 24.2 Å². The maximum Gasteiger partial charge on any atom is 1.00 e. The van der Waals surface area contributed by atoms with Crippen molar-refractivity contribution in [2.24, 2.45) is 0 Å². The van der Waals surface area contributed by atoms with Gasteiger partial charge in [-0.2, -0.15) is 5.10 Å². The van der Waals surface area contributed by atoms with E-state index in [-0.39, 0.29) is 36.1 Å². The van der Waals surface area contributed by atoms with E-state index in [4.69, 9.17) is 4.74 Å². The van der Waals surface area contributed by atoms with Gasteiger partial charge < -0.3 is 25.1 Å². The zero-order valence-corrected chi connectivity index (χ0v) is 15.8. The fraction of sp³-hybridized carbons (Fsp3) is 0.235. The number of carboxylic acid groups (broad SMARTS) is 1. The summed E-state index contributed by atoms with van der Waals surface area (Å²) in [5.41, 5.74) is -0.428. The molecule has 3 aromatic heterocycles. The number of aliphatic hydroxyl groups is 1. The zero-order chi connectivity index (χ0) is 19.8. The molecule has 0 saturated heterocycles. The van der Waals surface area contributed by atoms with Crippen molar-refractivity contribution in [3.63, 3.8) is 0 Å². The number of carboxylic acids is 1. The fourth-order valence-electron chi connectivity index (χ4n) is 2.27. The predicted octanol–water partition coefficient (Wildman–Crippen LogP) is -3.12. The van der Waals surface area contributed by atoms with E-state index in [1.807, 2.05) is 0 Å². The van der Waals surface area contributed by atoms with Crippen LogP contribution in [0.15, 0.2) is 30.6 Å². The first kappa shape index (κ1) is 21.4. The first-order chi connectivity index (χ1) is 12.7. The molecule has 0 atom stereocenters. The van der Waals surface area contributed by atoms with Crippen molar-refractivity contribution in [1.82, 2.24) is 19.6 Å². The van der Waals surface area contributed by atoms with Crippen LogP contribution in [0, 0.1) is 0 Å². The molecule has 140 valence electrons. The number of imidazole rings is 1. The van der Waals surface area contributed by atoms with Gasteiger partial charge in [0.15, 0.2) is 11.5 Å². The molecule has 0 aliphatic carbocycles. The summed E-state index contributed by atoms with van der Waals surface area (Å²) in [6, 6.07) is 4.63. The second-order valence-electron chi connectivity index (χ2n) is 6.23. The predicted molar refractivity (Wildman–Crippen MR) is 92.0 cm³/mol. The number of nitrogens with zero attached hydrogens (tertiary/aromatic N) is 4. The number of carbonyl (C=O) groups is 2. The van der Waals surface area contributed by atoms with Gasteiger partial charge in [-0.15, -0.1) is 0 Å². The molecule has 0 radical (unpaired) electrons. The van der Waals surface area contributed by atoms with Crippen molar-refractivity contribution in [2.45, 2.75) is 19.4 Å². The normalized spacial score (nSPS) is 11.0. The minimum absolute atomic E-state index is 0. The molecule has 0 bridgehead atoms. The van der Waals surface area contributed by atoms with Gasteiger partial charge in [0.1, 0.15) is 5.60 Å². The van der Waals surface area contributed by atoms with Crippen molar-refractivity contribution < 1.29 is 43.4 Å². The third-order valence-electron chi connectivity index (χ3n) is 3.68. The van der Waals surface area contributed by atoms with Gasteiger partial charge in [-0.1, -0.05) is 0 Å². The summed E-state index contributed by atoms with van der Waals surface area (Å²) in [6.45, 7) is 2.72. The Labute approximate surface area is 171 Å². The quantitative estimate of drug-likeness (QED) is 0.445. The van der Waals surface area contributed by atoms with Gasteiger partial charge >= 0.3 is 18.9 Å². The van der Waals surface area contributed by atoms with E-state index in [0.717, 1.165) is 0 Å². The summed E-state index contributed by atoms with van der Waals surface area (Å²) in [7, 11) is 1.31. The van der Waals surface area contributed by atoms with E-state index < -0.39 is 17.5 Å². The van der Waals surface area contributed by atoms with Gasteiger partial charge in [0.25, 0.3) is 5.91 Å². The van der Waals surface area contributed by atoms with Crippen molar-refractivity contribution in [3.8, 4) is 17.1 Å². The minimum Gasteiger partial charge on any atom is -0.545 e. The van der Waals surface area contributed by atoms with Crippen LogP contribution in [0.3, 0.4) is 0 Å². The molecule has 0 spiro atoms. The van der Waals surface area contributed by atoms with E-state index in [9.17, 15) is 19.8 Å². The monoisotopic (exact) mass is 377 g/mol. The molecule has 0 aliphatic rings. The maximum atomic E-state index is 11.8. The van der Waals surface area contributed by atoms with E-state index >= 15 is 0 Å². The maximum absolute atomic E-state index is 11.8. The SMILES string of the molecule is COc1ncc(-c2ccc3nc(NC(=O)C(C)(C)O)cn3n2)cc1C(=O)[O-].[Li+]. The van der Waals surface area contributed by atoms with Gasteiger partial charge in [0.2, 0.25) is 5.88 Å². The Kier molecular flexibility index (Phi) is 6.09. The second-order valence-corrected chi connectivity index (χ2v) is 6.23. The summed E-state index contributed by atoms with van der Waals surface area (Å²) >= 11 is 0. The molecule has 11 heteroatoms. The summed E-state index contributed by atoms with van der Waals surface area (Å²) in [5.74, 6) is -1.86. The number of anilines is 1. The topological polar surface area (TPSA) is 142 Å². The van der Waals surface area contributed by atoms with Crippen LogP contribution in [0.2, 0.25) is 0 Å². The number of aromatic carboxylic acids is 1. The number of hydrogen-bond donors (Lipinski definition) is 2. The largest absolute Gasteiger partial charge is 1.00 e. The Balaban J connectivity index is 0.00000280. The number of aromatic nitrogens is 4. The van der Waals surface area contributed by atoms with Crippen LogP contribution < -0.4 is 34.0 Å². The molecule has 0 fully saturated rings. The fourth-order valence-corrected chi connectivity index (χ4v) is 2.27. The van der Waals surface area contributed by atoms with E-state index in [0.29, 0.717) is 16.9 Å². The number of carbonyl (C=O) groups excluding carboxylic acids is 2. The second kappa shape index (κ2) is 7.98. The molecule has 0 unspecified atom stereocenters. The van der Waals surface area contributed by atoms with Crippen molar-refractivity contribution in [2.75, 3.05) is 12.4 Å². The van der Waals surface area contributed by atoms with Gasteiger partial charge in [-0.3, -0.25) is 4.79 Å². The number of nitrogens with one attached hydrogen (secondary N) is 1. The van der Waals surface area contributed by atoms with Gasteiger partial charge in [0, 0.05) is 11.8 Å². The van der Waals surface area contributed by atoms with Crippen LogP contribution >= 0.6 is 0 Å². The van der Waals surface area contributed by atoms with E-state index in [1.54, 1.807) is 12.1 Å². The minimum atomic E-state index is -1.55. The van der Waals surface area contributed by atoms with Crippen LogP contribution in [-0.2, 0) is 4.79 Å². The molecule has 10 nitrogen and oxygen atoms in total. The average molecular weight is 377 g/mol. The molecule has 3 heterocycles. The molecule has 0 aliphatic heterocycles. The summed E-state index contributed by atoms with van der Waals surface area (Å²) < 4.78 is 6.32. The number of fused-ring (bicyclic) bond motifs is 1. The van der Waals surface area contributed by atoms with Crippen molar-refractivity contribution in [1.29, 1.82) is 0 Å². The summed E-state index contributed by atoms with van der Waals surface area (Å²) in [4.78, 5) is 31.2. The Morgan fingerprint density at radius 3 is 2.64 bits per heavy atom. The number of ether oxygens (including phenoxy) is 1. The Morgan fingerprint density at radius 1 is 1.32 bits per heavy atom. The first-order valence-corrected chi connectivity index (χ1v) is 7.85. The number of methoxy groups -OCH3 is 1. The van der Waals surface area contributed by atoms with Crippen molar-refractivity contribution >= 4 is 23.3 Å². The number of pyridine rings is 1. The average Bonchev–Trinajstić information content (AvgIpc) is 3.01. The third kappa shape index (κ3) is 4.31. The molecule has 3 aromatic rings. The van der Waals surface area contributed by atoms with Gasteiger partial charge in [-0.05, 0) is 32.0 Å². The van der Waals surface area contributed by atoms with Gasteiger partial charge in [0.05, 0.1) is 30.5 Å². The van der Waals surface area contributed by atoms with Crippen LogP contribution in [0.5, 0.6) is 5.88 Å².